The largest absolute Gasteiger partial charge is 0.393 e. The molecule has 2 unspecified atom stereocenters. The van der Waals surface area contributed by atoms with Crippen LogP contribution in [0.3, 0.4) is 0 Å². The van der Waals surface area contributed by atoms with Gasteiger partial charge in [0.15, 0.2) is 0 Å². The first-order chi connectivity index (χ1) is 9.04. The van der Waals surface area contributed by atoms with E-state index in [2.05, 4.69) is 23.9 Å². The van der Waals surface area contributed by atoms with Crippen molar-refractivity contribution in [1.29, 1.82) is 0 Å². The minimum Gasteiger partial charge on any atom is -0.393 e. The molecule has 0 aromatic heterocycles. The van der Waals surface area contributed by atoms with Crippen molar-refractivity contribution in [2.45, 2.75) is 25.0 Å². The van der Waals surface area contributed by atoms with Gasteiger partial charge in [0.25, 0.3) is 0 Å². The average molecular weight is 266 g/mol. The highest BCUT2D eigenvalue weighted by atomic mass is 19.1. The van der Waals surface area contributed by atoms with Crippen molar-refractivity contribution in [3.63, 3.8) is 0 Å². The summed E-state index contributed by atoms with van der Waals surface area (Å²) in [5.74, 6) is -0.237. The van der Waals surface area contributed by atoms with Crippen molar-refractivity contribution in [3.05, 3.63) is 35.6 Å². The quantitative estimate of drug-likeness (QED) is 0.891. The molecule has 2 atom stereocenters. The molecule has 1 saturated heterocycles. The molecule has 0 radical (unpaired) electrons. The lowest BCUT2D eigenvalue weighted by atomic mass is 9.99. The number of halogens is 1. The number of hydrogen-bond acceptors (Lipinski definition) is 3. The van der Waals surface area contributed by atoms with Crippen LogP contribution in [0.2, 0.25) is 0 Å². The lowest BCUT2D eigenvalue weighted by molar-refractivity contribution is 0.0639. The molecule has 1 fully saturated rings. The molecule has 1 aliphatic heterocycles. The molecule has 3 nitrogen and oxygen atoms in total. The van der Waals surface area contributed by atoms with Crippen LogP contribution < -0.4 is 0 Å². The monoisotopic (exact) mass is 266 g/mol. The van der Waals surface area contributed by atoms with Crippen molar-refractivity contribution >= 4 is 0 Å². The molecule has 0 aliphatic carbocycles. The summed E-state index contributed by atoms with van der Waals surface area (Å²) in [4.78, 5) is 4.59. The van der Waals surface area contributed by atoms with Gasteiger partial charge in [0.05, 0.1) is 6.10 Å². The highest BCUT2D eigenvalue weighted by molar-refractivity contribution is 5.17. The third-order valence-electron chi connectivity index (χ3n) is 3.88. The zero-order valence-electron chi connectivity index (χ0n) is 11.7. The summed E-state index contributed by atoms with van der Waals surface area (Å²) in [5.41, 5.74) is 0.860. The Hall–Kier alpha value is -0.970. The van der Waals surface area contributed by atoms with Gasteiger partial charge in [0, 0.05) is 25.7 Å². The van der Waals surface area contributed by atoms with Crippen LogP contribution in [0.5, 0.6) is 0 Å². The van der Waals surface area contributed by atoms with E-state index in [0.717, 1.165) is 31.6 Å². The number of hydrogen-bond donors (Lipinski definition) is 1. The maximum absolute atomic E-state index is 13.1. The van der Waals surface area contributed by atoms with E-state index in [-0.39, 0.29) is 5.82 Å². The predicted octanol–water partition coefficient (Wildman–Crippen LogP) is 1.36. The number of benzene rings is 1. The first-order valence-corrected chi connectivity index (χ1v) is 6.86. The van der Waals surface area contributed by atoms with Crippen molar-refractivity contribution in [3.8, 4) is 0 Å². The topological polar surface area (TPSA) is 26.7 Å². The van der Waals surface area contributed by atoms with Crippen LogP contribution in [0.25, 0.3) is 0 Å². The summed E-state index contributed by atoms with van der Waals surface area (Å²) >= 11 is 0. The third kappa shape index (κ3) is 4.27. The summed E-state index contributed by atoms with van der Waals surface area (Å²) < 4.78 is 13.1. The SMILES string of the molecule is CN1CCN(C)C(CC(O)Cc2cccc(F)c2)C1. The second kappa shape index (κ2) is 6.46. The standard InChI is InChI=1S/C15H23FN2O/c1-17-6-7-18(2)14(11-17)10-15(19)9-12-4-3-5-13(16)8-12/h3-5,8,14-15,19H,6-7,9-11H2,1-2H3. The van der Waals surface area contributed by atoms with E-state index >= 15 is 0 Å². The summed E-state index contributed by atoms with van der Waals surface area (Å²) in [6.45, 7) is 3.09. The molecule has 19 heavy (non-hydrogen) atoms. The first kappa shape index (κ1) is 14.4. The van der Waals surface area contributed by atoms with Crippen LogP contribution in [0.15, 0.2) is 24.3 Å². The fourth-order valence-corrected chi connectivity index (χ4v) is 2.69. The van der Waals surface area contributed by atoms with E-state index in [4.69, 9.17) is 0 Å². The number of nitrogens with zero attached hydrogens (tertiary/aromatic N) is 2. The maximum Gasteiger partial charge on any atom is 0.123 e. The second-order valence-corrected chi connectivity index (χ2v) is 5.62. The Morgan fingerprint density at radius 1 is 1.37 bits per heavy atom. The molecule has 0 spiro atoms. The lowest BCUT2D eigenvalue weighted by Gasteiger charge is -2.38. The van der Waals surface area contributed by atoms with Gasteiger partial charge in [0.2, 0.25) is 0 Å². The van der Waals surface area contributed by atoms with Crippen molar-refractivity contribution < 1.29 is 9.50 Å². The summed E-state index contributed by atoms with van der Waals surface area (Å²) in [5, 5.41) is 10.2. The molecule has 2 rings (SSSR count). The smallest absolute Gasteiger partial charge is 0.123 e. The average Bonchev–Trinajstić information content (AvgIpc) is 2.34. The van der Waals surface area contributed by atoms with E-state index in [0.29, 0.717) is 12.5 Å². The van der Waals surface area contributed by atoms with E-state index in [1.165, 1.54) is 12.1 Å². The van der Waals surface area contributed by atoms with Gasteiger partial charge in [-0.05, 0) is 44.6 Å². The fourth-order valence-electron chi connectivity index (χ4n) is 2.69. The van der Waals surface area contributed by atoms with Gasteiger partial charge in [-0.2, -0.15) is 0 Å². The Morgan fingerprint density at radius 3 is 2.89 bits per heavy atom. The Labute approximate surface area is 114 Å². The van der Waals surface area contributed by atoms with Gasteiger partial charge in [-0.15, -0.1) is 0 Å². The molecule has 1 aliphatic rings. The van der Waals surface area contributed by atoms with Crippen LogP contribution >= 0.6 is 0 Å². The normalized spacial score (nSPS) is 23.5. The van der Waals surface area contributed by atoms with Crippen molar-refractivity contribution in [2.75, 3.05) is 33.7 Å². The van der Waals surface area contributed by atoms with Gasteiger partial charge in [0.1, 0.15) is 5.82 Å². The zero-order chi connectivity index (χ0) is 13.8. The molecular weight excluding hydrogens is 243 g/mol. The highest BCUT2D eigenvalue weighted by Gasteiger charge is 2.24. The molecule has 1 N–H and O–H groups in total. The maximum atomic E-state index is 13.1. The number of likely N-dealkylation sites (N-methyl/N-ethyl adjacent to an activating group) is 2. The molecule has 0 bridgehead atoms. The molecule has 1 heterocycles. The lowest BCUT2D eigenvalue weighted by Crippen LogP contribution is -2.51. The van der Waals surface area contributed by atoms with Gasteiger partial charge >= 0.3 is 0 Å². The van der Waals surface area contributed by atoms with Gasteiger partial charge in [-0.1, -0.05) is 12.1 Å². The van der Waals surface area contributed by atoms with E-state index in [9.17, 15) is 9.50 Å². The predicted molar refractivity (Wildman–Crippen MR) is 74.6 cm³/mol. The number of aliphatic hydroxyl groups is 1. The van der Waals surface area contributed by atoms with E-state index in [1.54, 1.807) is 6.07 Å². The van der Waals surface area contributed by atoms with Crippen molar-refractivity contribution in [1.82, 2.24) is 9.80 Å². The van der Waals surface area contributed by atoms with Crippen molar-refractivity contribution in [2.24, 2.45) is 0 Å². The molecule has 1 aromatic rings. The third-order valence-corrected chi connectivity index (χ3v) is 3.88. The van der Waals surface area contributed by atoms with Crippen LogP contribution in [-0.2, 0) is 6.42 Å². The first-order valence-electron chi connectivity index (χ1n) is 6.86. The molecule has 106 valence electrons. The molecule has 0 amide bonds. The molecule has 0 saturated carbocycles. The zero-order valence-corrected chi connectivity index (χ0v) is 11.7. The summed E-state index contributed by atoms with van der Waals surface area (Å²) in [6, 6.07) is 6.86. The minimum atomic E-state index is -0.416. The van der Waals surface area contributed by atoms with Crippen LogP contribution in [0.4, 0.5) is 4.39 Å². The summed E-state index contributed by atoms with van der Waals surface area (Å²) in [6.07, 6.45) is 0.837. The van der Waals surface area contributed by atoms with E-state index < -0.39 is 6.10 Å². The Bertz CT molecular complexity index is 413. The van der Waals surface area contributed by atoms with Gasteiger partial charge < -0.3 is 14.9 Å². The Morgan fingerprint density at radius 2 is 2.16 bits per heavy atom. The van der Waals surface area contributed by atoms with Crippen LogP contribution in [0.1, 0.15) is 12.0 Å². The number of aliphatic hydroxyl groups excluding tert-OH is 1. The molecule has 1 aromatic carbocycles. The highest BCUT2D eigenvalue weighted by Crippen LogP contribution is 2.15. The second-order valence-electron chi connectivity index (χ2n) is 5.62. The number of piperazine rings is 1. The molecule has 4 heteroatoms. The van der Waals surface area contributed by atoms with Crippen LogP contribution in [-0.4, -0.2) is 60.8 Å². The van der Waals surface area contributed by atoms with E-state index in [1.807, 2.05) is 6.07 Å². The van der Waals surface area contributed by atoms with Gasteiger partial charge in [-0.25, -0.2) is 4.39 Å². The summed E-state index contributed by atoms with van der Waals surface area (Å²) in [7, 11) is 4.21. The minimum absolute atomic E-state index is 0.237. The number of rotatable bonds is 4. The Balaban J connectivity index is 1.88. The molecular formula is C15H23FN2O. The Kier molecular flexibility index (Phi) is 4.91. The van der Waals surface area contributed by atoms with Crippen LogP contribution in [0, 0.1) is 5.82 Å². The fraction of sp³-hybridized carbons (Fsp3) is 0.600. The van der Waals surface area contributed by atoms with Gasteiger partial charge in [-0.3, -0.25) is 0 Å².